The van der Waals surface area contributed by atoms with Crippen molar-refractivity contribution in [3.63, 3.8) is 0 Å². The van der Waals surface area contributed by atoms with E-state index in [0.29, 0.717) is 18.7 Å². The number of amides is 3. The van der Waals surface area contributed by atoms with Crippen molar-refractivity contribution in [2.45, 2.75) is 25.4 Å². The molecule has 0 radical (unpaired) electrons. The predicted octanol–water partition coefficient (Wildman–Crippen LogP) is 3.55. The summed E-state index contributed by atoms with van der Waals surface area (Å²) >= 11 is 0. The Hall–Kier alpha value is -4.17. The summed E-state index contributed by atoms with van der Waals surface area (Å²) in [6.45, 7) is 0.228. The molecule has 8 nitrogen and oxygen atoms in total. The molecule has 4 N–H and O–H groups in total. The fraction of sp³-hybridized carbons (Fsp3) is 0.250. The fourth-order valence-electron chi connectivity index (χ4n) is 4.26. The highest BCUT2D eigenvalue weighted by atomic mass is 16.5. The monoisotopic (exact) mass is 487 g/mol. The van der Waals surface area contributed by atoms with Gasteiger partial charge in [-0.25, -0.2) is 4.79 Å². The average molecular weight is 488 g/mol. The Morgan fingerprint density at radius 3 is 2.08 bits per heavy atom. The third-order valence-electron chi connectivity index (χ3n) is 6.06. The van der Waals surface area contributed by atoms with Crippen molar-refractivity contribution in [1.82, 2.24) is 10.6 Å². The van der Waals surface area contributed by atoms with E-state index in [1.807, 2.05) is 36.4 Å². The average Bonchev–Trinajstić information content (AvgIpc) is 3.23. The molecule has 0 spiro atoms. The van der Waals surface area contributed by atoms with Crippen LogP contribution in [0.15, 0.2) is 72.8 Å². The molecule has 0 heterocycles. The third kappa shape index (κ3) is 6.28. The zero-order valence-electron chi connectivity index (χ0n) is 19.8. The summed E-state index contributed by atoms with van der Waals surface area (Å²) in [6, 6.07) is 23.1. The molecule has 0 aromatic heterocycles. The lowest BCUT2D eigenvalue weighted by Gasteiger charge is -2.14. The van der Waals surface area contributed by atoms with Crippen LogP contribution in [-0.4, -0.2) is 42.7 Å². The first-order chi connectivity index (χ1) is 17.5. The number of carbonyl (C=O) groups excluding carboxylic acids is 3. The molecular weight excluding hydrogens is 458 g/mol. The SMILES string of the molecule is O=C(CNC(=O)OCC1c2ccccc2-c2ccccc21)NCCCC(=O)Nc1ccc(CO)cc1. The number of aliphatic hydroxyl groups excluding tert-OH is 1. The van der Waals surface area contributed by atoms with Gasteiger partial charge in [0.2, 0.25) is 11.8 Å². The highest BCUT2D eigenvalue weighted by Crippen LogP contribution is 2.44. The molecule has 0 unspecified atom stereocenters. The molecular formula is C28H29N3O5. The molecule has 1 aliphatic carbocycles. The summed E-state index contributed by atoms with van der Waals surface area (Å²) in [5, 5.41) is 17.0. The second kappa shape index (κ2) is 12.0. The van der Waals surface area contributed by atoms with Crippen molar-refractivity contribution >= 4 is 23.6 Å². The van der Waals surface area contributed by atoms with Gasteiger partial charge in [0.05, 0.1) is 13.2 Å². The molecule has 36 heavy (non-hydrogen) atoms. The minimum atomic E-state index is -0.654. The minimum absolute atomic E-state index is 0.0456. The molecule has 1 aliphatic rings. The van der Waals surface area contributed by atoms with E-state index in [-0.39, 0.29) is 43.9 Å². The zero-order chi connectivity index (χ0) is 25.3. The number of fused-ring (bicyclic) bond motifs is 3. The molecule has 0 fully saturated rings. The normalized spacial score (nSPS) is 11.8. The standard InChI is InChI=1S/C28H29N3O5/c32-17-19-11-13-20(14-12-19)31-26(33)10-5-15-29-27(34)16-30-28(35)36-18-25-23-8-3-1-6-21(23)22-7-2-4-9-24(22)25/h1-4,6-9,11-14,25,32H,5,10,15-18H2,(H,29,34)(H,30,35)(H,31,33). The van der Waals surface area contributed by atoms with Crippen LogP contribution in [0.1, 0.15) is 35.4 Å². The van der Waals surface area contributed by atoms with E-state index in [2.05, 4.69) is 28.1 Å². The summed E-state index contributed by atoms with van der Waals surface area (Å²) in [4.78, 5) is 36.2. The Balaban J connectivity index is 1.13. The van der Waals surface area contributed by atoms with Crippen molar-refractivity contribution in [2.75, 3.05) is 25.0 Å². The molecule has 0 atom stereocenters. The van der Waals surface area contributed by atoms with Gasteiger partial charge in [-0.2, -0.15) is 0 Å². The molecule has 3 aromatic carbocycles. The molecule has 0 bridgehead atoms. The molecule has 3 aromatic rings. The fourth-order valence-corrected chi connectivity index (χ4v) is 4.26. The summed E-state index contributed by atoms with van der Waals surface area (Å²) in [5.41, 5.74) is 5.95. The quantitative estimate of drug-likeness (QED) is 0.326. The Kier molecular flexibility index (Phi) is 8.31. The van der Waals surface area contributed by atoms with Crippen LogP contribution in [0.3, 0.4) is 0 Å². The second-order valence-electron chi connectivity index (χ2n) is 8.54. The van der Waals surface area contributed by atoms with Gasteiger partial charge in [0.15, 0.2) is 0 Å². The van der Waals surface area contributed by atoms with Gasteiger partial charge in [-0.15, -0.1) is 0 Å². The molecule has 4 rings (SSSR count). The Bertz CT molecular complexity index is 1180. The molecule has 186 valence electrons. The summed E-state index contributed by atoms with van der Waals surface area (Å²) < 4.78 is 5.42. The third-order valence-corrected chi connectivity index (χ3v) is 6.06. The second-order valence-corrected chi connectivity index (χ2v) is 8.54. The first-order valence-corrected chi connectivity index (χ1v) is 11.9. The first-order valence-electron chi connectivity index (χ1n) is 11.9. The number of aliphatic hydroxyl groups is 1. The van der Waals surface area contributed by atoms with Gasteiger partial charge in [0, 0.05) is 24.6 Å². The van der Waals surface area contributed by atoms with Gasteiger partial charge < -0.3 is 25.8 Å². The largest absolute Gasteiger partial charge is 0.449 e. The molecule has 0 aliphatic heterocycles. The number of hydrogen-bond donors (Lipinski definition) is 4. The van der Waals surface area contributed by atoms with Crippen molar-refractivity contribution < 1.29 is 24.2 Å². The lowest BCUT2D eigenvalue weighted by Crippen LogP contribution is -2.38. The van der Waals surface area contributed by atoms with Crippen LogP contribution in [0.5, 0.6) is 0 Å². The topological polar surface area (TPSA) is 117 Å². The summed E-state index contributed by atoms with van der Waals surface area (Å²) in [7, 11) is 0. The van der Waals surface area contributed by atoms with Gasteiger partial charge in [-0.3, -0.25) is 9.59 Å². The zero-order valence-corrected chi connectivity index (χ0v) is 19.8. The van der Waals surface area contributed by atoms with Crippen LogP contribution in [0.25, 0.3) is 11.1 Å². The Morgan fingerprint density at radius 2 is 1.44 bits per heavy atom. The van der Waals surface area contributed by atoms with Gasteiger partial charge in [-0.1, -0.05) is 60.7 Å². The van der Waals surface area contributed by atoms with Crippen LogP contribution in [-0.2, 0) is 20.9 Å². The number of anilines is 1. The van der Waals surface area contributed by atoms with E-state index in [9.17, 15) is 14.4 Å². The van der Waals surface area contributed by atoms with Crippen molar-refractivity contribution in [1.29, 1.82) is 0 Å². The van der Waals surface area contributed by atoms with Gasteiger partial charge in [0.1, 0.15) is 6.61 Å². The van der Waals surface area contributed by atoms with Gasteiger partial charge in [-0.05, 0) is 46.4 Å². The van der Waals surface area contributed by atoms with Crippen LogP contribution in [0.2, 0.25) is 0 Å². The van der Waals surface area contributed by atoms with Crippen LogP contribution in [0.4, 0.5) is 10.5 Å². The molecule has 8 heteroatoms. The minimum Gasteiger partial charge on any atom is -0.449 e. The summed E-state index contributed by atoms with van der Waals surface area (Å²) in [6.07, 6.45) is 0.0395. The van der Waals surface area contributed by atoms with Crippen LogP contribution >= 0.6 is 0 Å². The van der Waals surface area contributed by atoms with E-state index in [1.54, 1.807) is 24.3 Å². The van der Waals surface area contributed by atoms with E-state index in [4.69, 9.17) is 9.84 Å². The summed E-state index contributed by atoms with van der Waals surface area (Å²) in [5.74, 6) is -0.572. The lowest BCUT2D eigenvalue weighted by atomic mass is 9.98. The smallest absolute Gasteiger partial charge is 0.407 e. The van der Waals surface area contributed by atoms with E-state index < -0.39 is 6.09 Å². The lowest BCUT2D eigenvalue weighted by molar-refractivity contribution is -0.120. The van der Waals surface area contributed by atoms with Crippen LogP contribution in [0, 0.1) is 0 Å². The maximum atomic E-state index is 12.2. The van der Waals surface area contributed by atoms with E-state index in [0.717, 1.165) is 27.8 Å². The van der Waals surface area contributed by atoms with Crippen molar-refractivity contribution in [2.24, 2.45) is 0 Å². The first kappa shape index (κ1) is 24.9. The predicted molar refractivity (Wildman–Crippen MR) is 136 cm³/mol. The van der Waals surface area contributed by atoms with Crippen molar-refractivity contribution in [3.05, 3.63) is 89.5 Å². The Morgan fingerprint density at radius 1 is 0.806 bits per heavy atom. The van der Waals surface area contributed by atoms with E-state index >= 15 is 0 Å². The highest BCUT2D eigenvalue weighted by molar-refractivity contribution is 5.90. The number of nitrogens with one attached hydrogen (secondary N) is 3. The maximum absolute atomic E-state index is 12.2. The van der Waals surface area contributed by atoms with E-state index in [1.165, 1.54) is 0 Å². The molecule has 0 saturated carbocycles. The number of ether oxygens (including phenoxy) is 1. The Labute approximate surface area is 209 Å². The van der Waals surface area contributed by atoms with Crippen molar-refractivity contribution in [3.8, 4) is 11.1 Å². The maximum Gasteiger partial charge on any atom is 0.407 e. The molecule has 0 saturated heterocycles. The highest BCUT2D eigenvalue weighted by Gasteiger charge is 2.29. The van der Waals surface area contributed by atoms with Gasteiger partial charge in [0.25, 0.3) is 0 Å². The van der Waals surface area contributed by atoms with Crippen LogP contribution < -0.4 is 16.0 Å². The molecule has 3 amide bonds. The number of rotatable bonds is 10. The number of hydrogen-bond acceptors (Lipinski definition) is 5. The van der Waals surface area contributed by atoms with Gasteiger partial charge >= 0.3 is 6.09 Å². The number of carbonyl (C=O) groups is 3. The number of alkyl carbamates (subject to hydrolysis) is 1. The number of benzene rings is 3.